The Morgan fingerprint density at radius 3 is 1.94 bits per heavy atom. The highest BCUT2D eigenvalue weighted by molar-refractivity contribution is 6.19. The third-order valence-corrected chi connectivity index (χ3v) is 9.68. The summed E-state index contributed by atoms with van der Waals surface area (Å²) in [5.41, 5.74) is 12.6. The molecule has 0 aliphatic heterocycles. The second-order valence-corrected chi connectivity index (χ2v) is 12.6. The smallest absolute Gasteiger partial charge is 0.143 e. The van der Waals surface area contributed by atoms with Gasteiger partial charge in [-0.15, -0.1) is 0 Å². The lowest BCUT2D eigenvalue weighted by Crippen LogP contribution is -1.89. The first kappa shape index (κ1) is 27.5. The minimum Gasteiger partial charge on any atom is -0.455 e. The number of fused-ring (bicyclic) bond motifs is 8. The molecule has 228 valence electrons. The van der Waals surface area contributed by atoms with Crippen molar-refractivity contribution in [1.29, 1.82) is 0 Å². The van der Waals surface area contributed by atoms with Crippen molar-refractivity contribution in [2.75, 3.05) is 0 Å². The van der Waals surface area contributed by atoms with Gasteiger partial charge in [-0.25, -0.2) is 4.98 Å². The average molecular weight is 625 g/mol. The predicted molar refractivity (Wildman–Crippen MR) is 204 cm³/mol. The molecule has 49 heavy (non-hydrogen) atoms. The monoisotopic (exact) mass is 624 g/mol. The van der Waals surface area contributed by atoms with Gasteiger partial charge in [0, 0.05) is 38.7 Å². The Morgan fingerprint density at radius 2 is 1.06 bits per heavy atom. The molecule has 3 heterocycles. The summed E-state index contributed by atoms with van der Waals surface area (Å²) in [4.78, 5) is 9.73. The zero-order valence-corrected chi connectivity index (χ0v) is 26.5. The maximum Gasteiger partial charge on any atom is 0.143 e. The summed E-state index contributed by atoms with van der Waals surface area (Å²) in [7, 11) is 0. The number of hydrogen-bond acceptors (Lipinski definition) is 3. The van der Waals surface area contributed by atoms with Crippen LogP contribution in [0.25, 0.3) is 99.2 Å². The lowest BCUT2D eigenvalue weighted by Gasteiger charge is -2.10. The Morgan fingerprint density at radius 1 is 0.388 bits per heavy atom. The molecule has 0 saturated carbocycles. The third-order valence-electron chi connectivity index (χ3n) is 9.68. The van der Waals surface area contributed by atoms with E-state index in [9.17, 15) is 0 Å². The molecule has 3 heteroatoms. The van der Waals surface area contributed by atoms with Crippen molar-refractivity contribution >= 4 is 54.5 Å². The number of benzene rings is 7. The van der Waals surface area contributed by atoms with Gasteiger partial charge in [-0.3, -0.25) is 4.98 Å². The molecule has 0 atom stereocenters. The molecule has 0 unspecified atom stereocenters. The van der Waals surface area contributed by atoms with Crippen LogP contribution in [0.4, 0.5) is 0 Å². The normalized spacial score (nSPS) is 11.7. The fourth-order valence-corrected chi connectivity index (χ4v) is 7.26. The van der Waals surface area contributed by atoms with Gasteiger partial charge >= 0.3 is 0 Å². The summed E-state index contributed by atoms with van der Waals surface area (Å²) >= 11 is 0. The largest absolute Gasteiger partial charge is 0.455 e. The van der Waals surface area contributed by atoms with Crippen LogP contribution in [0.5, 0.6) is 0 Å². The molecule has 0 N–H and O–H groups in total. The van der Waals surface area contributed by atoms with Crippen LogP contribution < -0.4 is 0 Å². The van der Waals surface area contributed by atoms with Crippen LogP contribution in [0.1, 0.15) is 0 Å². The third kappa shape index (κ3) is 4.59. The van der Waals surface area contributed by atoms with Gasteiger partial charge in [-0.1, -0.05) is 121 Å². The number of nitrogens with zero attached hydrogens (tertiary/aromatic N) is 2. The molecule has 3 aromatic heterocycles. The van der Waals surface area contributed by atoms with Crippen LogP contribution in [0.3, 0.4) is 0 Å². The van der Waals surface area contributed by atoms with E-state index in [1.54, 1.807) is 0 Å². The summed E-state index contributed by atoms with van der Waals surface area (Å²) in [6.45, 7) is 0. The fourth-order valence-electron chi connectivity index (χ4n) is 7.26. The Balaban J connectivity index is 1.09. The Hall–Kier alpha value is -6.58. The second kappa shape index (κ2) is 11.0. The van der Waals surface area contributed by atoms with E-state index in [0.29, 0.717) is 0 Å². The number of aromatic nitrogens is 2. The molecule has 0 aliphatic carbocycles. The zero-order chi connectivity index (χ0) is 32.3. The van der Waals surface area contributed by atoms with Gasteiger partial charge in [-0.2, -0.15) is 0 Å². The predicted octanol–water partition coefficient (Wildman–Crippen LogP) is 12.5. The van der Waals surface area contributed by atoms with Gasteiger partial charge in [-0.05, 0) is 81.2 Å². The van der Waals surface area contributed by atoms with Gasteiger partial charge in [0.2, 0.25) is 0 Å². The van der Waals surface area contributed by atoms with Crippen LogP contribution in [-0.4, -0.2) is 9.97 Å². The summed E-state index contributed by atoms with van der Waals surface area (Å²) in [5.74, 6) is 0. The van der Waals surface area contributed by atoms with E-state index >= 15 is 0 Å². The number of pyridine rings is 2. The SMILES string of the molecule is c1ccc(-c2cccc(-c3cc4c5ccc(-c6cccc(-c7ccc8ccc9cccnc9c8n7)c6)cc5oc4c4ccccc34)c2)cc1. The van der Waals surface area contributed by atoms with Crippen LogP contribution in [0.15, 0.2) is 174 Å². The Labute approximate surface area is 282 Å². The standard InChI is InChI=1S/C46H28N2O/c1-2-9-29(10-3-1)32-11-6-13-35(25-32)40-28-41-38-22-20-34(27-43(38)49-46(41)39-17-5-4-16-37(39)40)33-12-7-14-36(26-33)42-23-21-31-19-18-30-15-8-24-47-44(30)45(31)48-42/h1-28H. The van der Waals surface area contributed by atoms with Gasteiger partial charge in [0.1, 0.15) is 11.2 Å². The van der Waals surface area contributed by atoms with Crippen molar-refractivity contribution in [3.05, 3.63) is 170 Å². The minimum atomic E-state index is 0.875. The van der Waals surface area contributed by atoms with Gasteiger partial charge < -0.3 is 4.42 Å². The highest BCUT2D eigenvalue weighted by atomic mass is 16.3. The molecule has 0 saturated heterocycles. The first-order valence-corrected chi connectivity index (χ1v) is 16.6. The van der Waals surface area contributed by atoms with E-state index in [2.05, 4.69) is 163 Å². The lowest BCUT2D eigenvalue weighted by molar-refractivity contribution is 0.673. The molecule has 0 amide bonds. The van der Waals surface area contributed by atoms with Crippen molar-refractivity contribution < 1.29 is 4.42 Å². The maximum absolute atomic E-state index is 6.70. The quantitative estimate of drug-likeness (QED) is 0.183. The van der Waals surface area contributed by atoms with E-state index in [1.165, 1.54) is 27.6 Å². The van der Waals surface area contributed by atoms with Crippen molar-refractivity contribution in [2.45, 2.75) is 0 Å². The molecule has 7 aromatic carbocycles. The lowest BCUT2D eigenvalue weighted by atomic mass is 9.93. The molecular formula is C46H28N2O. The van der Waals surface area contributed by atoms with E-state index in [-0.39, 0.29) is 0 Å². The topological polar surface area (TPSA) is 38.9 Å². The molecule has 0 fully saturated rings. The van der Waals surface area contributed by atoms with Crippen molar-refractivity contribution in [3.63, 3.8) is 0 Å². The summed E-state index contributed by atoms with van der Waals surface area (Å²) in [6.07, 6.45) is 1.83. The van der Waals surface area contributed by atoms with E-state index in [1.807, 2.05) is 12.3 Å². The van der Waals surface area contributed by atoms with E-state index < -0.39 is 0 Å². The molecule has 0 bridgehead atoms. The number of furan rings is 1. The van der Waals surface area contributed by atoms with Crippen LogP contribution in [0, 0.1) is 0 Å². The Bertz CT molecular complexity index is 2890. The van der Waals surface area contributed by atoms with Crippen molar-refractivity contribution in [3.8, 4) is 44.6 Å². The molecule has 0 spiro atoms. The van der Waals surface area contributed by atoms with Crippen molar-refractivity contribution in [2.24, 2.45) is 0 Å². The van der Waals surface area contributed by atoms with Crippen molar-refractivity contribution in [1.82, 2.24) is 9.97 Å². The summed E-state index contributed by atoms with van der Waals surface area (Å²) in [6, 6.07) is 57.9. The molecule has 3 nitrogen and oxygen atoms in total. The summed E-state index contributed by atoms with van der Waals surface area (Å²) < 4.78 is 6.70. The van der Waals surface area contributed by atoms with E-state index in [4.69, 9.17) is 9.40 Å². The number of hydrogen-bond donors (Lipinski definition) is 0. The van der Waals surface area contributed by atoms with E-state index in [0.717, 1.165) is 71.5 Å². The minimum absolute atomic E-state index is 0.875. The molecule has 0 radical (unpaired) electrons. The van der Waals surface area contributed by atoms with Crippen LogP contribution in [0.2, 0.25) is 0 Å². The van der Waals surface area contributed by atoms with Gasteiger partial charge in [0.15, 0.2) is 0 Å². The molecular weight excluding hydrogens is 597 g/mol. The molecule has 10 aromatic rings. The number of rotatable bonds is 4. The van der Waals surface area contributed by atoms with Crippen LogP contribution in [-0.2, 0) is 0 Å². The molecule has 0 aliphatic rings. The maximum atomic E-state index is 6.70. The first-order valence-electron chi connectivity index (χ1n) is 16.6. The Kier molecular flexibility index (Phi) is 6.18. The van der Waals surface area contributed by atoms with Gasteiger partial charge in [0.25, 0.3) is 0 Å². The zero-order valence-electron chi connectivity index (χ0n) is 26.5. The average Bonchev–Trinajstić information content (AvgIpc) is 3.56. The fraction of sp³-hybridized carbons (Fsp3) is 0. The molecule has 10 rings (SSSR count). The second-order valence-electron chi connectivity index (χ2n) is 12.6. The first-order chi connectivity index (χ1) is 24.3. The summed E-state index contributed by atoms with van der Waals surface area (Å²) in [5, 5.41) is 6.70. The van der Waals surface area contributed by atoms with Crippen LogP contribution >= 0.6 is 0 Å². The van der Waals surface area contributed by atoms with Gasteiger partial charge in [0.05, 0.1) is 16.7 Å². The highest BCUT2D eigenvalue weighted by Crippen LogP contribution is 2.41. The highest BCUT2D eigenvalue weighted by Gasteiger charge is 2.16.